The number of rotatable bonds is 6. The standard InChI is InChI=1S/C19H24N2O2/c1-14(22)13-23-19(2,3)18-11-8-16(12-21-18)5-4-15-6-9-17(20)10-7-15/h4-12,14,22H,13,20H2,1-3H3/b5-4+. The van der Waals surface area contributed by atoms with Gasteiger partial charge in [0, 0.05) is 11.9 Å². The normalized spacial score (nSPS) is 13.4. The number of aliphatic hydroxyl groups is 1. The molecule has 4 heteroatoms. The van der Waals surface area contributed by atoms with Gasteiger partial charge in [-0.3, -0.25) is 4.98 Å². The van der Waals surface area contributed by atoms with Crippen molar-refractivity contribution < 1.29 is 9.84 Å². The average molecular weight is 312 g/mol. The van der Waals surface area contributed by atoms with Gasteiger partial charge < -0.3 is 15.6 Å². The number of hydrogen-bond donors (Lipinski definition) is 2. The summed E-state index contributed by atoms with van der Waals surface area (Å²) in [7, 11) is 0. The zero-order valence-corrected chi connectivity index (χ0v) is 13.9. The maximum atomic E-state index is 9.34. The third-order valence-corrected chi connectivity index (χ3v) is 3.49. The highest BCUT2D eigenvalue weighted by atomic mass is 16.5. The topological polar surface area (TPSA) is 68.4 Å². The van der Waals surface area contributed by atoms with Gasteiger partial charge in [-0.15, -0.1) is 0 Å². The van der Waals surface area contributed by atoms with Gasteiger partial charge in [-0.2, -0.15) is 0 Å². The number of hydrogen-bond acceptors (Lipinski definition) is 4. The van der Waals surface area contributed by atoms with Gasteiger partial charge in [0.15, 0.2) is 0 Å². The first kappa shape index (κ1) is 17.2. The lowest BCUT2D eigenvalue weighted by molar-refractivity contribution is -0.0609. The van der Waals surface area contributed by atoms with E-state index in [2.05, 4.69) is 4.98 Å². The number of nitrogen functional groups attached to an aromatic ring is 1. The van der Waals surface area contributed by atoms with Crippen molar-refractivity contribution in [2.75, 3.05) is 12.3 Å². The summed E-state index contributed by atoms with van der Waals surface area (Å²) in [6, 6.07) is 11.7. The van der Waals surface area contributed by atoms with Crippen molar-refractivity contribution in [3.05, 3.63) is 59.4 Å². The molecule has 0 amide bonds. The van der Waals surface area contributed by atoms with Gasteiger partial charge in [0.1, 0.15) is 5.60 Å². The molecule has 1 aromatic carbocycles. The molecule has 0 aliphatic carbocycles. The fourth-order valence-electron chi connectivity index (χ4n) is 2.06. The van der Waals surface area contributed by atoms with Crippen molar-refractivity contribution in [2.24, 2.45) is 0 Å². The highest BCUT2D eigenvalue weighted by Crippen LogP contribution is 2.23. The first-order valence-corrected chi connectivity index (χ1v) is 7.69. The number of aliphatic hydroxyl groups excluding tert-OH is 1. The third kappa shape index (κ3) is 5.20. The summed E-state index contributed by atoms with van der Waals surface area (Å²) in [5.41, 5.74) is 8.83. The summed E-state index contributed by atoms with van der Waals surface area (Å²) in [5, 5.41) is 9.34. The Morgan fingerprint density at radius 1 is 1.13 bits per heavy atom. The van der Waals surface area contributed by atoms with Crippen molar-refractivity contribution in [1.29, 1.82) is 0 Å². The Morgan fingerprint density at radius 3 is 2.30 bits per heavy atom. The Balaban J connectivity index is 2.05. The number of ether oxygens (including phenoxy) is 1. The highest BCUT2D eigenvalue weighted by molar-refractivity contribution is 5.69. The molecule has 0 aliphatic heterocycles. The summed E-state index contributed by atoms with van der Waals surface area (Å²) in [4.78, 5) is 4.48. The van der Waals surface area contributed by atoms with E-state index in [1.165, 1.54) is 0 Å². The van der Waals surface area contributed by atoms with Crippen molar-refractivity contribution in [2.45, 2.75) is 32.5 Å². The van der Waals surface area contributed by atoms with Gasteiger partial charge in [0.05, 0.1) is 18.4 Å². The van der Waals surface area contributed by atoms with Gasteiger partial charge in [-0.25, -0.2) is 0 Å². The van der Waals surface area contributed by atoms with E-state index in [9.17, 15) is 5.11 Å². The largest absolute Gasteiger partial charge is 0.399 e. The minimum atomic E-state index is -0.532. The third-order valence-electron chi connectivity index (χ3n) is 3.49. The Morgan fingerprint density at radius 2 is 1.74 bits per heavy atom. The molecule has 122 valence electrons. The quantitative estimate of drug-likeness (QED) is 0.801. The lowest BCUT2D eigenvalue weighted by Gasteiger charge is -2.25. The maximum Gasteiger partial charge on any atom is 0.104 e. The molecule has 4 nitrogen and oxygen atoms in total. The zero-order valence-electron chi connectivity index (χ0n) is 13.9. The minimum absolute atomic E-state index is 0.285. The molecule has 1 atom stereocenters. The fourth-order valence-corrected chi connectivity index (χ4v) is 2.06. The van der Waals surface area contributed by atoms with Crippen LogP contribution in [0.1, 0.15) is 37.6 Å². The number of benzene rings is 1. The van der Waals surface area contributed by atoms with E-state index in [0.717, 1.165) is 22.5 Å². The molecule has 1 heterocycles. The Kier molecular flexibility index (Phi) is 5.53. The second kappa shape index (κ2) is 7.40. The van der Waals surface area contributed by atoms with Crippen LogP contribution in [0.3, 0.4) is 0 Å². The smallest absolute Gasteiger partial charge is 0.104 e. The van der Waals surface area contributed by atoms with E-state index in [0.29, 0.717) is 0 Å². The van der Waals surface area contributed by atoms with Crippen LogP contribution >= 0.6 is 0 Å². The van der Waals surface area contributed by atoms with Gasteiger partial charge in [0.25, 0.3) is 0 Å². The Labute approximate surface area is 137 Å². The van der Waals surface area contributed by atoms with E-state index < -0.39 is 11.7 Å². The van der Waals surface area contributed by atoms with Crippen LogP contribution in [0.15, 0.2) is 42.6 Å². The van der Waals surface area contributed by atoms with Crippen molar-refractivity contribution in [3.8, 4) is 0 Å². The number of nitrogens with two attached hydrogens (primary N) is 1. The predicted octanol–water partition coefficient (Wildman–Crippen LogP) is 3.47. The van der Waals surface area contributed by atoms with Gasteiger partial charge >= 0.3 is 0 Å². The van der Waals surface area contributed by atoms with Crippen molar-refractivity contribution >= 4 is 17.8 Å². The van der Waals surface area contributed by atoms with Crippen LogP contribution in [-0.2, 0) is 10.3 Å². The van der Waals surface area contributed by atoms with E-state index >= 15 is 0 Å². The molecule has 0 fully saturated rings. The number of aromatic nitrogens is 1. The van der Waals surface area contributed by atoms with E-state index in [1.807, 2.05) is 68.6 Å². The van der Waals surface area contributed by atoms with Crippen LogP contribution in [0, 0.1) is 0 Å². The van der Waals surface area contributed by atoms with Crippen molar-refractivity contribution in [1.82, 2.24) is 4.98 Å². The highest BCUT2D eigenvalue weighted by Gasteiger charge is 2.23. The van der Waals surface area contributed by atoms with Crippen LogP contribution in [0.4, 0.5) is 5.69 Å². The lowest BCUT2D eigenvalue weighted by atomic mass is 10.0. The molecule has 0 aliphatic rings. The molecule has 1 unspecified atom stereocenters. The average Bonchev–Trinajstić information content (AvgIpc) is 2.53. The summed E-state index contributed by atoms with van der Waals surface area (Å²) in [5.74, 6) is 0. The van der Waals surface area contributed by atoms with E-state index in [-0.39, 0.29) is 6.61 Å². The minimum Gasteiger partial charge on any atom is -0.399 e. The van der Waals surface area contributed by atoms with E-state index in [4.69, 9.17) is 10.5 Å². The van der Waals surface area contributed by atoms with Crippen LogP contribution in [0.25, 0.3) is 12.2 Å². The van der Waals surface area contributed by atoms with Crippen molar-refractivity contribution in [3.63, 3.8) is 0 Å². The molecule has 1 aromatic heterocycles. The van der Waals surface area contributed by atoms with Crippen LogP contribution in [0.2, 0.25) is 0 Å². The number of pyridine rings is 1. The molecule has 0 saturated heterocycles. The summed E-state index contributed by atoms with van der Waals surface area (Å²) in [6.07, 6.45) is 5.35. The zero-order chi connectivity index (χ0) is 16.9. The number of anilines is 1. The molecular weight excluding hydrogens is 288 g/mol. The second-order valence-corrected chi connectivity index (χ2v) is 6.15. The summed E-state index contributed by atoms with van der Waals surface area (Å²) in [6.45, 7) is 5.88. The van der Waals surface area contributed by atoms with Crippen LogP contribution in [0.5, 0.6) is 0 Å². The molecule has 0 saturated carbocycles. The first-order chi connectivity index (χ1) is 10.9. The molecule has 2 aromatic rings. The molecule has 0 bridgehead atoms. The van der Waals surface area contributed by atoms with Gasteiger partial charge in [-0.05, 0) is 50.1 Å². The Hall–Kier alpha value is -2.17. The monoisotopic (exact) mass is 312 g/mol. The molecular formula is C19H24N2O2. The number of nitrogens with zero attached hydrogens (tertiary/aromatic N) is 1. The predicted molar refractivity (Wildman–Crippen MR) is 94.7 cm³/mol. The fraction of sp³-hybridized carbons (Fsp3) is 0.316. The molecule has 0 spiro atoms. The first-order valence-electron chi connectivity index (χ1n) is 7.69. The second-order valence-electron chi connectivity index (χ2n) is 6.15. The molecule has 2 rings (SSSR count). The molecule has 0 radical (unpaired) electrons. The SMILES string of the molecule is CC(O)COC(C)(C)c1ccc(/C=C/c2ccc(N)cc2)cn1. The molecule has 23 heavy (non-hydrogen) atoms. The van der Waals surface area contributed by atoms with Crippen LogP contribution in [-0.4, -0.2) is 22.8 Å². The summed E-state index contributed by atoms with van der Waals surface area (Å²) >= 11 is 0. The van der Waals surface area contributed by atoms with Gasteiger partial charge in [-0.1, -0.05) is 30.4 Å². The van der Waals surface area contributed by atoms with Crippen LogP contribution < -0.4 is 5.73 Å². The van der Waals surface area contributed by atoms with E-state index in [1.54, 1.807) is 6.92 Å². The molecule has 3 N–H and O–H groups in total. The summed E-state index contributed by atoms with van der Waals surface area (Å²) < 4.78 is 5.71. The maximum absolute atomic E-state index is 9.34. The van der Waals surface area contributed by atoms with Gasteiger partial charge in [0.2, 0.25) is 0 Å². The Bertz CT molecular complexity index is 644. The lowest BCUT2D eigenvalue weighted by Crippen LogP contribution is -2.27.